The molecule has 3 rings (SSSR count). The first-order valence-electron chi connectivity index (χ1n) is 12.1. The van der Waals surface area contributed by atoms with Gasteiger partial charge in [0, 0.05) is 12.2 Å². The second kappa shape index (κ2) is 11.7. The van der Waals surface area contributed by atoms with E-state index < -0.39 is 47.4 Å². The fourth-order valence-electron chi connectivity index (χ4n) is 4.59. The van der Waals surface area contributed by atoms with E-state index >= 15 is 0 Å². The third-order valence-corrected chi connectivity index (χ3v) is 6.63. The summed E-state index contributed by atoms with van der Waals surface area (Å²) in [6, 6.07) is 0.317. The molecule has 1 aliphatic carbocycles. The van der Waals surface area contributed by atoms with Gasteiger partial charge in [-0.3, -0.25) is 14.4 Å². The van der Waals surface area contributed by atoms with Crippen LogP contribution in [0, 0.1) is 17.7 Å². The summed E-state index contributed by atoms with van der Waals surface area (Å²) in [7, 11) is 0. The fourth-order valence-corrected chi connectivity index (χ4v) is 4.59. The number of unbranched alkanes of at least 4 members (excludes halogenated alkanes) is 3. The van der Waals surface area contributed by atoms with Gasteiger partial charge in [-0.25, -0.2) is 4.39 Å². The highest BCUT2D eigenvalue weighted by atomic mass is 19.4. The zero-order valence-electron chi connectivity index (χ0n) is 19.8. The summed E-state index contributed by atoms with van der Waals surface area (Å²) in [4.78, 5) is 37.2. The third kappa shape index (κ3) is 7.44. The number of nitrogens with zero attached hydrogens (tertiary/aromatic N) is 1. The Morgan fingerprint density at radius 1 is 1.19 bits per heavy atom. The maximum Gasteiger partial charge on any atom is 0.416 e. The van der Waals surface area contributed by atoms with Crippen molar-refractivity contribution in [3.05, 3.63) is 41.7 Å². The van der Waals surface area contributed by atoms with E-state index in [0.717, 1.165) is 31.4 Å². The Balaban J connectivity index is 1.61. The molecule has 1 saturated carbocycles. The number of carbonyl (C=O) groups is 3. The van der Waals surface area contributed by atoms with Gasteiger partial charge in [-0.05, 0) is 62.6 Å². The Kier molecular flexibility index (Phi) is 8.97. The molecule has 4 N–H and O–H groups in total. The van der Waals surface area contributed by atoms with Gasteiger partial charge in [-0.2, -0.15) is 13.2 Å². The standard InChI is InChI=1S/C25H31F4N3O4/c26-17-12-16(25(27,28)29)13-18(14-17)31-20(23(34)32-10-6-9-21(32)22(30)33)8-5-3-1-2-4-7-15-11-19(15)24(35)36/h4,7,12-15,19-21,31H,1-3,5-6,8-11H2,(H2,30,33)(H,35,36)/b7-4-/t15-,19+,20+,21+/m1/s1. The highest BCUT2D eigenvalue weighted by molar-refractivity contribution is 5.91. The Labute approximate surface area is 206 Å². The molecule has 7 nitrogen and oxygen atoms in total. The molecule has 1 saturated heterocycles. The van der Waals surface area contributed by atoms with Crippen molar-refractivity contribution >= 4 is 23.5 Å². The van der Waals surface area contributed by atoms with Crippen molar-refractivity contribution in [3.63, 3.8) is 0 Å². The number of nitrogens with two attached hydrogens (primary N) is 1. The van der Waals surface area contributed by atoms with E-state index in [4.69, 9.17) is 10.8 Å². The van der Waals surface area contributed by atoms with Gasteiger partial charge in [-0.1, -0.05) is 25.0 Å². The van der Waals surface area contributed by atoms with Gasteiger partial charge in [0.05, 0.1) is 11.5 Å². The minimum atomic E-state index is -4.75. The van der Waals surface area contributed by atoms with Gasteiger partial charge in [0.15, 0.2) is 0 Å². The van der Waals surface area contributed by atoms with Crippen molar-refractivity contribution in [2.24, 2.45) is 17.6 Å². The molecule has 1 aromatic carbocycles. The number of anilines is 1. The number of likely N-dealkylation sites (tertiary alicyclic amines) is 1. The van der Waals surface area contributed by atoms with Crippen LogP contribution in [0.25, 0.3) is 0 Å². The van der Waals surface area contributed by atoms with Gasteiger partial charge < -0.3 is 21.1 Å². The van der Waals surface area contributed by atoms with E-state index in [2.05, 4.69) is 5.32 Å². The van der Waals surface area contributed by atoms with Gasteiger partial charge in [0.2, 0.25) is 11.8 Å². The molecule has 2 aliphatic rings. The van der Waals surface area contributed by atoms with Crippen LogP contribution in [0.1, 0.15) is 56.9 Å². The van der Waals surface area contributed by atoms with Crippen molar-refractivity contribution in [1.29, 1.82) is 0 Å². The lowest BCUT2D eigenvalue weighted by Crippen LogP contribution is -2.49. The normalized spacial score (nSPS) is 22.6. The first kappa shape index (κ1) is 27.5. The van der Waals surface area contributed by atoms with Crippen LogP contribution in [-0.4, -0.2) is 46.4 Å². The summed E-state index contributed by atoms with van der Waals surface area (Å²) in [6.45, 7) is 0.310. The van der Waals surface area contributed by atoms with E-state index in [1.54, 1.807) is 0 Å². The number of primary amides is 1. The number of hydrogen-bond donors (Lipinski definition) is 3. The Bertz CT molecular complexity index is 998. The summed E-state index contributed by atoms with van der Waals surface area (Å²) in [5.74, 6) is -3.18. The Morgan fingerprint density at radius 3 is 2.58 bits per heavy atom. The zero-order valence-corrected chi connectivity index (χ0v) is 19.8. The molecule has 198 valence electrons. The summed E-state index contributed by atoms with van der Waals surface area (Å²) < 4.78 is 53.3. The van der Waals surface area contributed by atoms with Crippen molar-refractivity contribution in [2.75, 3.05) is 11.9 Å². The minimum Gasteiger partial charge on any atom is -0.481 e. The number of rotatable bonds is 12. The second-order valence-corrected chi connectivity index (χ2v) is 9.43. The number of amides is 2. The molecule has 0 bridgehead atoms. The predicted molar refractivity (Wildman–Crippen MR) is 124 cm³/mol. The molecule has 4 atom stereocenters. The van der Waals surface area contributed by atoms with Crippen LogP contribution in [0.3, 0.4) is 0 Å². The highest BCUT2D eigenvalue weighted by Gasteiger charge is 2.41. The van der Waals surface area contributed by atoms with Crippen molar-refractivity contribution in [2.45, 2.75) is 69.6 Å². The second-order valence-electron chi connectivity index (χ2n) is 9.43. The van der Waals surface area contributed by atoms with E-state index in [9.17, 15) is 31.9 Å². The first-order valence-corrected chi connectivity index (χ1v) is 12.1. The van der Waals surface area contributed by atoms with E-state index in [-0.39, 0.29) is 23.9 Å². The van der Waals surface area contributed by atoms with E-state index in [0.29, 0.717) is 38.3 Å². The smallest absolute Gasteiger partial charge is 0.416 e. The minimum absolute atomic E-state index is 0.0835. The van der Waals surface area contributed by atoms with Crippen LogP contribution in [0.2, 0.25) is 0 Å². The van der Waals surface area contributed by atoms with Crippen LogP contribution in [0.5, 0.6) is 0 Å². The fraction of sp³-hybridized carbons (Fsp3) is 0.560. The molecule has 1 heterocycles. The number of carbonyl (C=O) groups excluding carboxylic acids is 2. The number of benzene rings is 1. The van der Waals surface area contributed by atoms with Crippen LogP contribution in [0.4, 0.5) is 23.2 Å². The highest BCUT2D eigenvalue weighted by Crippen LogP contribution is 2.39. The lowest BCUT2D eigenvalue weighted by molar-refractivity contribution is -0.139. The van der Waals surface area contributed by atoms with Crippen LogP contribution in [-0.2, 0) is 20.6 Å². The average molecular weight is 514 g/mol. The molecule has 0 radical (unpaired) electrons. The SMILES string of the molecule is NC(=O)[C@@H]1CCCN1C(=O)[C@H](CCCCC/C=C\[C@@H]1C[C@@H]1C(=O)O)Nc1cc(F)cc(C(F)(F)F)c1. The van der Waals surface area contributed by atoms with Crippen molar-refractivity contribution in [3.8, 4) is 0 Å². The molecule has 2 fully saturated rings. The maximum absolute atomic E-state index is 13.9. The predicted octanol–water partition coefficient (Wildman–Crippen LogP) is 4.33. The van der Waals surface area contributed by atoms with Gasteiger partial charge >= 0.3 is 12.1 Å². The average Bonchev–Trinajstić information content (AvgIpc) is 3.40. The van der Waals surface area contributed by atoms with Gasteiger partial charge in [0.1, 0.15) is 17.9 Å². The third-order valence-electron chi connectivity index (χ3n) is 6.63. The van der Waals surface area contributed by atoms with E-state index in [1.165, 1.54) is 4.90 Å². The molecule has 36 heavy (non-hydrogen) atoms. The molecule has 0 unspecified atom stereocenters. The first-order chi connectivity index (χ1) is 17.0. The molecule has 1 aliphatic heterocycles. The maximum atomic E-state index is 13.9. The summed E-state index contributed by atoms with van der Waals surface area (Å²) in [5.41, 5.74) is 4.08. The molecule has 0 spiro atoms. The quantitative estimate of drug-likeness (QED) is 0.219. The summed E-state index contributed by atoms with van der Waals surface area (Å²) in [6.07, 6.45) is 3.84. The number of carboxylic acids is 1. The van der Waals surface area contributed by atoms with Crippen LogP contribution < -0.4 is 11.1 Å². The zero-order chi connectivity index (χ0) is 26.5. The molecule has 2 amide bonds. The Hall–Kier alpha value is -3.11. The topological polar surface area (TPSA) is 113 Å². The molecular weight excluding hydrogens is 482 g/mol. The lowest BCUT2D eigenvalue weighted by atomic mass is 10.0. The van der Waals surface area contributed by atoms with Crippen molar-refractivity contribution in [1.82, 2.24) is 4.90 Å². The largest absolute Gasteiger partial charge is 0.481 e. The molecule has 11 heteroatoms. The molecule has 1 aromatic rings. The number of carboxylic acid groups (broad SMARTS) is 1. The van der Waals surface area contributed by atoms with Gasteiger partial charge in [0.25, 0.3) is 0 Å². The van der Waals surface area contributed by atoms with E-state index in [1.807, 2.05) is 12.2 Å². The Morgan fingerprint density at radius 2 is 1.94 bits per heavy atom. The number of aliphatic carboxylic acids is 1. The van der Waals surface area contributed by atoms with Crippen LogP contribution >= 0.6 is 0 Å². The number of halogens is 4. The number of hydrogen-bond acceptors (Lipinski definition) is 4. The number of alkyl halides is 3. The summed E-state index contributed by atoms with van der Waals surface area (Å²) >= 11 is 0. The molecule has 0 aromatic heterocycles. The molecular formula is C25H31F4N3O4. The number of nitrogens with one attached hydrogen (secondary N) is 1. The van der Waals surface area contributed by atoms with Crippen LogP contribution in [0.15, 0.2) is 30.4 Å². The summed E-state index contributed by atoms with van der Waals surface area (Å²) in [5, 5.41) is 11.7. The monoisotopic (exact) mass is 513 g/mol. The van der Waals surface area contributed by atoms with Crippen molar-refractivity contribution < 1.29 is 37.1 Å². The number of allylic oxidation sites excluding steroid dienone is 2. The lowest BCUT2D eigenvalue weighted by Gasteiger charge is -2.28. The van der Waals surface area contributed by atoms with Gasteiger partial charge in [-0.15, -0.1) is 0 Å².